The highest BCUT2D eigenvalue weighted by Gasteiger charge is 2.19. The summed E-state index contributed by atoms with van der Waals surface area (Å²) in [5.41, 5.74) is 2.21. The molecule has 0 atom stereocenters. The van der Waals surface area contributed by atoms with Crippen molar-refractivity contribution in [3.63, 3.8) is 0 Å². The van der Waals surface area contributed by atoms with Gasteiger partial charge in [-0.05, 0) is 79.3 Å². The first-order valence-electron chi connectivity index (χ1n) is 21.5. The van der Waals surface area contributed by atoms with Crippen LogP contribution >= 0.6 is 0 Å². The predicted octanol–water partition coefficient (Wildman–Crippen LogP) is 7.05. The van der Waals surface area contributed by atoms with E-state index in [0.29, 0.717) is 31.3 Å². The zero-order chi connectivity index (χ0) is 47.1. The van der Waals surface area contributed by atoms with Gasteiger partial charge >= 0.3 is 0 Å². The van der Waals surface area contributed by atoms with Crippen LogP contribution in [-0.4, -0.2) is 118 Å². The predicted molar refractivity (Wildman–Crippen MR) is 259 cm³/mol. The topological polar surface area (TPSA) is 253 Å². The van der Waals surface area contributed by atoms with E-state index in [1.807, 2.05) is 60.7 Å². The van der Waals surface area contributed by atoms with E-state index in [1.165, 1.54) is 36.4 Å². The average Bonchev–Trinajstić information content (AvgIpc) is 3.29. The molecule has 0 aliphatic rings. The van der Waals surface area contributed by atoms with Crippen LogP contribution in [0.3, 0.4) is 0 Å². The van der Waals surface area contributed by atoms with Crippen LogP contribution in [0.5, 0.6) is 0 Å². The third-order valence-corrected chi connectivity index (χ3v) is 12.1. The first kappa shape index (κ1) is 48.8. The van der Waals surface area contributed by atoms with Crippen molar-refractivity contribution in [2.75, 3.05) is 78.9 Å². The minimum Gasteiger partial charge on any atom is -0.353 e. The van der Waals surface area contributed by atoms with Crippen LogP contribution in [0.4, 0.5) is 46.8 Å². The van der Waals surface area contributed by atoms with Crippen LogP contribution in [-0.2, 0) is 26.7 Å². The van der Waals surface area contributed by atoms with Crippen molar-refractivity contribution >= 4 is 79.2 Å². The molecule has 21 heteroatoms. The van der Waals surface area contributed by atoms with E-state index in [0.717, 1.165) is 50.5 Å². The van der Waals surface area contributed by atoms with Gasteiger partial charge in [-0.15, -0.1) is 0 Å². The Kier molecular flexibility index (Phi) is 17.0. The largest absolute Gasteiger partial charge is 0.353 e. The molecular weight excluding hydrogens is 883 g/mol. The molecule has 6 rings (SSSR count). The van der Waals surface area contributed by atoms with Gasteiger partial charge < -0.3 is 36.4 Å². The van der Waals surface area contributed by atoms with Crippen LogP contribution in [0.1, 0.15) is 50.2 Å². The maximum absolute atomic E-state index is 12.8. The SMILES string of the molecule is CCN(CC)CCNc1nc(Cc2ccccc2)nc(Nc2ccc(/C=C/c3ccc(Nc4nc(NCCN(CC)CC)nc(Nc5ccccc5)n4)cc3S(=O)(=O)O)c(S(=O)(=O)O)c2)n1. The first-order chi connectivity index (χ1) is 31.7. The summed E-state index contributed by atoms with van der Waals surface area (Å²) in [6.07, 6.45) is 3.03. The molecule has 0 unspecified atom stereocenters. The lowest BCUT2D eigenvalue weighted by Crippen LogP contribution is -2.29. The van der Waals surface area contributed by atoms with Gasteiger partial charge in [-0.2, -0.15) is 46.7 Å². The minimum atomic E-state index is -4.83. The lowest BCUT2D eigenvalue weighted by molar-refractivity contribution is 0.316. The van der Waals surface area contributed by atoms with Gasteiger partial charge in [0.05, 0.1) is 0 Å². The molecular formula is C45H55N13O6S2. The summed E-state index contributed by atoms with van der Waals surface area (Å²) in [5.74, 6) is 1.51. The summed E-state index contributed by atoms with van der Waals surface area (Å²) in [5, 5.41) is 15.7. The molecule has 2 heterocycles. The van der Waals surface area contributed by atoms with Crippen molar-refractivity contribution in [2.24, 2.45) is 0 Å². The normalized spacial score (nSPS) is 11.9. The Morgan fingerprint density at radius 3 is 1.35 bits per heavy atom. The smallest absolute Gasteiger partial charge is 0.295 e. The molecule has 19 nitrogen and oxygen atoms in total. The second-order valence-corrected chi connectivity index (χ2v) is 17.6. The fourth-order valence-electron chi connectivity index (χ4n) is 6.75. The molecule has 66 heavy (non-hydrogen) atoms. The fraction of sp³-hybridized carbons (Fsp3) is 0.289. The number of para-hydroxylation sites is 1. The van der Waals surface area contributed by atoms with Gasteiger partial charge in [0.2, 0.25) is 29.7 Å². The minimum absolute atomic E-state index is 0.0181. The summed E-state index contributed by atoms with van der Waals surface area (Å²) in [7, 11) is -9.66. The lowest BCUT2D eigenvalue weighted by atomic mass is 10.1. The van der Waals surface area contributed by atoms with Gasteiger partial charge in [-0.1, -0.05) is 101 Å². The zero-order valence-corrected chi connectivity index (χ0v) is 38.8. The number of hydrogen-bond acceptors (Lipinski definition) is 17. The van der Waals surface area contributed by atoms with Gasteiger partial charge in [-0.25, -0.2) is 0 Å². The fourth-order valence-corrected chi connectivity index (χ4v) is 8.16. The highest BCUT2D eigenvalue weighted by Crippen LogP contribution is 2.28. The van der Waals surface area contributed by atoms with Crippen molar-refractivity contribution in [1.82, 2.24) is 39.7 Å². The van der Waals surface area contributed by atoms with E-state index in [9.17, 15) is 25.9 Å². The number of likely N-dealkylation sites (N-methyl/N-ethyl adjacent to an activating group) is 2. The Bertz CT molecular complexity index is 2610. The van der Waals surface area contributed by atoms with Gasteiger partial charge in [0.15, 0.2) is 0 Å². The standard InChI is InChI=1S/C45H55N13O6S2/c1-5-57(6-2)27-25-46-41-51-40(29-32-15-11-9-12-16-32)52-43(53-41)49-36-23-21-33(38(30-36)65(59,60)61)19-20-34-22-24-37(31-39(34)66(62,63)64)50-45-55-42(47-26-28-58(7-3)8-4)54-44(56-45)48-35-17-13-10-14-18-35/h9-24,30-31H,5-8,25-29H2,1-4H3,(H,59,60,61)(H,62,63,64)(H2,46,49,51,52,53)(H3,47,48,50,54,55,56)/b20-19+. The zero-order valence-electron chi connectivity index (χ0n) is 37.2. The lowest BCUT2D eigenvalue weighted by Gasteiger charge is -2.18. The molecule has 0 bridgehead atoms. The molecule has 348 valence electrons. The highest BCUT2D eigenvalue weighted by molar-refractivity contribution is 7.86. The maximum atomic E-state index is 12.8. The molecule has 0 spiro atoms. The molecule has 0 aliphatic heterocycles. The number of nitrogens with one attached hydrogen (secondary N) is 5. The number of benzene rings is 4. The Balaban J connectivity index is 1.25. The van der Waals surface area contributed by atoms with E-state index < -0.39 is 30.0 Å². The van der Waals surface area contributed by atoms with E-state index >= 15 is 0 Å². The molecule has 0 saturated carbocycles. The van der Waals surface area contributed by atoms with Crippen LogP contribution in [0, 0.1) is 0 Å². The van der Waals surface area contributed by atoms with Gasteiger partial charge in [0.25, 0.3) is 20.2 Å². The summed E-state index contributed by atoms with van der Waals surface area (Å²) >= 11 is 0. The van der Waals surface area contributed by atoms with Crippen molar-refractivity contribution in [3.8, 4) is 0 Å². The number of anilines is 8. The molecule has 0 saturated heterocycles. The quantitative estimate of drug-likeness (QED) is 0.0237. The third-order valence-electron chi connectivity index (χ3n) is 10.3. The Labute approximate surface area is 385 Å². The van der Waals surface area contributed by atoms with Crippen LogP contribution < -0.4 is 26.6 Å². The van der Waals surface area contributed by atoms with E-state index in [-0.39, 0.29) is 46.3 Å². The van der Waals surface area contributed by atoms with Crippen LogP contribution in [0.2, 0.25) is 0 Å². The van der Waals surface area contributed by atoms with Gasteiger partial charge in [0, 0.05) is 49.7 Å². The molecule has 6 aromatic rings. The second-order valence-electron chi connectivity index (χ2n) is 14.8. The van der Waals surface area contributed by atoms with Crippen LogP contribution in [0.15, 0.2) is 107 Å². The monoisotopic (exact) mass is 937 g/mol. The van der Waals surface area contributed by atoms with E-state index in [4.69, 9.17) is 0 Å². The third kappa shape index (κ3) is 14.4. The molecule has 7 N–H and O–H groups in total. The number of aromatic nitrogens is 6. The van der Waals surface area contributed by atoms with Gasteiger partial charge in [-0.3, -0.25) is 9.11 Å². The second kappa shape index (κ2) is 23.0. The van der Waals surface area contributed by atoms with Crippen molar-refractivity contribution < 1.29 is 25.9 Å². The summed E-state index contributed by atoms with van der Waals surface area (Å²) in [4.78, 5) is 30.7. The summed E-state index contributed by atoms with van der Waals surface area (Å²) in [6.45, 7) is 14.5. The number of rotatable bonds is 24. The number of hydrogen-bond donors (Lipinski definition) is 7. The van der Waals surface area contributed by atoms with Crippen molar-refractivity contribution in [1.29, 1.82) is 0 Å². The Hall–Kier alpha value is -6.62. The van der Waals surface area contributed by atoms with E-state index in [1.54, 1.807) is 12.1 Å². The Morgan fingerprint density at radius 1 is 0.500 bits per heavy atom. The van der Waals surface area contributed by atoms with Crippen LogP contribution in [0.25, 0.3) is 12.2 Å². The highest BCUT2D eigenvalue weighted by atomic mass is 32.2. The van der Waals surface area contributed by atoms with Gasteiger partial charge in [0.1, 0.15) is 15.6 Å². The molecule has 0 amide bonds. The summed E-state index contributed by atoms with van der Waals surface area (Å²) < 4.78 is 71.8. The number of nitrogens with zero attached hydrogens (tertiary/aromatic N) is 8. The van der Waals surface area contributed by atoms with Crippen molar-refractivity contribution in [3.05, 3.63) is 120 Å². The molecule has 4 aromatic carbocycles. The van der Waals surface area contributed by atoms with E-state index in [2.05, 4.69) is 94.0 Å². The van der Waals surface area contributed by atoms with Crippen molar-refractivity contribution in [2.45, 2.75) is 43.9 Å². The molecule has 2 aromatic heterocycles. The maximum Gasteiger partial charge on any atom is 0.295 e. The molecule has 0 fully saturated rings. The Morgan fingerprint density at radius 2 is 0.894 bits per heavy atom. The average molecular weight is 938 g/mol. The molecule has 0 radical (unpaired) electrons. The molecule has 0 aliphatic carbocycles. The summed E-state index contributed by atoms with van der Waals surface area (Å²) in [6, 6.07) is 27.3. The first-order valence-corrected chi connectivity index (χ1v) is 24.4.